The predicted octanol–water partition coefficient (Wildman–Crippen LogP) is 1.07. The minimum Gasteiger partial charge on any atom is -0.378 e. The van der Waals surface area contributed by atoms with E-state index in [-0.39, 0.29) is 24.0 Å². The Morgan fingerprint density at radius 2 is 1.95 bits per heavy atom. The molecule has 1 amide bonds. The fraction of sp³-hybridized carbons (Fsp3) is 0.938. The molecule has 122 valence electrons. The van der Waals surface area contributed by atoms with Gasteiger partial charge in [0.05, 0.1) is 12.1 Å². The Morgan fingerprint density at radius 1 is 1.19 bits per heavy atom. The second kappa shape index (κ2) is 8.11. The van der Waals surface area contributed by atoms with E-state index in [4.69, 9.17) is 10.5 Å². The number of amides is 1. The van der Waals surface area contributed by atoms with Crippen LogP contribution in [0.15, 0.2) is 0 Å². The van der Waals surface area contributed by atoms with Crippen LogP contribution in [0.4, 0.5) is 0 Å². The third kappa shape index (κ3) is 4.41. The summed E-state index contributed by atoms with van der Waals surface area (Å²) in [5.74, 6) is 0.0933. The zero-order valence-corrected chi connectivity index (χ0v) is 13.6. The molecule has 2 fully saturated rings. The van der Waals surface area contributed by atoms with Gasteiger partial charge in [-0.25, -0.2) is 0 Å². The highest BCUT2D eigenvalue weighted by Gasteiger charge is 2.39. The summed E-state index contributed by atoms with van der Waals surface area (Å²) in [5, 5.41) is 0. The highest BCUT2D eigenvalue weighted by Crippen LogP contribution is 2.32. The van der Waals surface area contributed by atoms with E-state index < -0.39 is 0 Å². The predicted molar refractivity (Wildman–Crippen MR) is 84.0 cm³/mol. The summed E-state index contributed by atoms with van der Waals surface area (Å²) in [4.78, 5) is 16.8. The summed E-state index contributed by atoms with van der Waals surface area (Å²) < 4.78 is 5.92. The number of likely N-dealkylation sites (N-methyl/N-ethyl adjacent to an activating group) is 1. The summed E-state index contributed by atoms with van der Waals surface area (Å²) in [7, 11) is 2.15. The molecule has 0 bridgehead atoms. The van der Waals surface area contributed by atoms with Gasteiger partial charge in [-0.3, -0.25) is 9.69 Å². The SMILES string of the molecule is CCO[C@H]1CCCCC1C(C(N)=O)N1CCCN(C)CC1. The van der Waals surface area contributed by atoms with E-state index in [1.807, 2.05) is 6.92 Å². The lowest BCUT2D eigenvalue weighted by atomic mass is 9.80. The molecule has 0 radical (unpaired) electrons. The Kier molecular flexibility index (Phi) is 6.45. The third-order valence-electron chi connectivity index (χ3n) is 4.98. The highest BCUT2D eigenvalue weighted by molar-refractivity contribution is 5.80. The van der Waals surface area contributed by atoms with Crippen molar-refractivity contribution in [2.75, 3.05) is 39.8 Å². The van der Waals surface area contributed by atoms with Crippen LogP contribution in [0.5, 0.6) is 0 Å². The zero-order valence-electron chi connectivity index (χ0n) is 13.6. The molecule has 1 aliphatic heterocycles. The van der Waals surface area contributed by atoms with Crippen molar-refractivity contribution in [1.82, 2.24) is 9.80 Å². The zero-order chi connectivity index (χ0) is 15.2. The van der Waals surface area contributed by atoms with Gasteiger partial charge in [-0.2, -0.15) is 0 Å². The van der Waals surface area contributed by atoms with Gasteiger partial charge < -0.3 is 15.4 Å². The fourth-order valence-corrected chi connectivity index (χ4v) is 3.91. The van der Waals surface area contributed by atoms with E-state index >= 15 is 0 Å². The summed E-state index contributed by atoms with van der Waals surface area (Å²) in [6.45, 7) is 6.76. The fourth-order valence-electron chi connectivity index (χ4n) is 3.91. The van der Waals surface area contributed by atoms with Crippen LogP contribution < -0.4 is 5.73 Å². The molecule has 21 heavy (non-hydrogen) atoms. The van der Waals surface area contributed by atoms with Gasteiger partial charge in [0.2, 0.25) is 5.91 Å². The van der Waals surface area contributed by atoms with Crippen LogP contribution in [0.1, 0.15) is 39.0 Å². The maximum atomic E-state index is 12.2. The number of primary amides is 1. The molecule has 1 saturated heterocycles. The molecule has 2 rings (SSSR count). The van der Waals surface area contributed by atoms with Gasteiger partial charge in [-0.15, -0.1) is 0 Å². The summed E-state index contributed by atoms with van der Waals surface area (Å²) in [6, 6.07) is -0.159. The quantitative estimate of drug-likeness (QED) is 0.825. The smallest absolute Gasteiger partial charge is 0.235 e. The number of carbonyl (C=O) groups excluding carboxylic acids is 1. The average molecular weight is 297 g/mol. The lowest BCUT2D eigenvalue weighted by Crippen LogP contribution is -2.54. The first kappa shape index (κ1) is 16.7. The van der Waals surface area contributed by atoms with E-state index in [2.05, 4.69) is 16.8 Å². The molecule has 0 aromatic heterocycles. The van der Waals surface area contributed by atoms with Gasteiger partial charge in [-0.1, -0.05) is 12.8 Å². The molecule has 1 saturated carbocycles. The van der Waals surface area contributed by atoms with Crippen molar-refractivity contribution < 1.29 is 9.53 Å². The first-order valence-electron chi connectivity index (χ1n) is 8.47. The van der Waals surface area contributed by atoms with E-state index in [9.17, 15) is 4.79 Å². The summed E-state index contributed by atoms with van der Waals surface area (Å²) in [5.41, 5.74) is 5.79. The average Bonchev–Trinajstić information content (AvgIpc) is 2.66. The van der Waals surface area contributed by atoms with Crippen molar-refractivity contribution in [2.24, 2.45) is 11.7 Å². The standard InChI is InChI=1S/C16H31N3O2/c1-3-21-14-8-5-4-7-13(14)15(16(17)20)19-10-6-9-18(2)11-12-19/h13-15H,3-12H2,1-2H3,(H2,17,20)/t13?,14-,15?/m0/s1. The van der Waals surface area contributed by atoms with E-state index in [1.165, 1.54) is 12.8 Å². The Labute approximate surface area is 128 Å². The Balaban J connectivity index is 2.10. The van der Waals surface area contributed by atoms with E-state index in [0.717, 1.165) is 52.0 Å². The lowest BCUT2D eigenvalue weighted by Gasteiger charge is -2.40. The van der Waals surface area contributed by atoms with Gasteiger partial charge in [0, 0.05) is 32.2 Å². The van der Waals surface area contributed by atoms with Crippen LogP contribution in [0, 0.1) is 5.92 Å². The maximum Gasteiger partial charge on any atom is 0.235 e. The second-order valence-electron chi connectivity index (χ2n) is 6.48. The maximum absolute atomic E-state index is 12.2. The van der Waals surface area contributed by atoms with Gasteiger partial charge in [0.1, 0.15) is 0 Å². The normalized spacial score (nSPS) is 30.8. The van der Waals surface area contributed by atoms with E-state index in [1.54, 1.807) is 0 Å². The van der Waals surface area contributed by atoms with Crippen molar-refractivity contribution >= 4 is 5.91 Å². The number of nitrogens with zero attached hydrogens (tertiary/aromatic N) is 2. The molecule has 0 spiro atoms. The van der Waals surface area contributed by atoms with Crippen LogP contribution in [0.25, 0.3) is 0 Å². The topological polar surface area (TPSA) is 58.8 Å². The van der Waals surface area contributed by atoms with Crippen molar-refractivity contribution in [1.29, 1.82) is 0 Å². The number of nitrogens with two attached hydrogens (primary N) is 1. The third-order valence-corrected chi connectivity index (χ3v) is 4.98. The van der Waals surface area contributed by atoms with Crippen LogP contribution in [0.2, 0.25) is 0 Å². The number of carbonyl (C=O) groups is 1. The van der Waals surface area contributed by atoms with Crippen molar-refractivity contribution in [3.05, 3.63) is 0 Å². The molecule has 2 aliphatic rings. The summed E-state index contributed by atoms with van der Waals surface area (Å²) in [6.07, 6.45) is 5.82. The molecule has 5 nitrogen and oxygen atoms in total. The van der Waals surface area contributed by atoms with Crippen LogP contribution in [0.3, 0.4) is 0 Å². The van der Waals surface area contributed by atoms with Gasteiger partial charge in [0.25, 0.3) is 0 Å². The summed E-state index contributed by atoms with van der Waals surface area (Å²) >= 11 is 0. The molecular weight excluding hydrogens is 266 g/mol. The Hall–Kier alpha value is -0.650. The largest absolute Gasteiger partial charge is 0.378 e. The van der Waals surface area contributed by atoms with Crippen LogP contribution >= 0.6 is 0 Å². The molecule has 1 aliphatic carbocycles. The number of hydrogen-bond acceptors (Lipinski definition) is 4. The minimum atomic E-state index is -0.170. The van der Waals surface area contributed by atoms with Crippen molar-refractivity contribution in [3.63, 3.8) is 0 Å². The first-order chi connectivity index (χ1) is 10.1. The number of hydrogen-bond donors (Lipinski definition) is 1. The van der Waals surface area contributed by atoms with Gasteiger partial charge >= 0.3 is 0 Å². The number of ether oxygens (including phenoxy) is 1. The molecule has 0 aromatic carbocycles. The Morgan fingerprint density at radius 3 is 2.67 bits per heavy atom. The molecule has 0 aromatic rings. The number of rotatable bonds is 5. The second-order valence-corrected chi connectivity index (χ2v) is 6.48. The molecule has 3 atom stereocenters. The van der Waals surface area contributed by atoms with Gasteiger partial charge in [-0.05, 0) is 39.8 Å². The lowest BCUT2D eigenvalue weighted by molar-refractivity contribution is -0.129. The molecular formula is C16H31N3O2. The van der Waals surface area contributed by atoms with Crippen molar-refractivity contribution in [2.45, 2.75) is 51.2 Å². The monoisotopic (exact) mass is 297 g/mol. The highest BCUT2D eigenvalue weighted by atomic mass is 16.5. The van der Waals surface area contributed by atoms with Gasteiger partial charge in [0.15, 0.2) is 0 Å². The van der Waals surface area contributed by atoms with Crippen LogP contribution in [-0.4, -0.2) is 67.7 Å². The van der Waals surface area contributed by atoms with Crippen molar-refractivity contribution in [3.8, 4) is 0 Å². The molecule has 2 unspecified atom stereocenters. The minimum absolute atomic E-state index is 0.159. The van der Waals surface area contributed by atoms with E-state index in [0.29, 0.717) is 0 Å². The molecule has 5 heteroatoms. The Bertz CT molecular complexity index is 335. The first-order valence-corrected chi connectivity index (χ1v) is 8.47. The van der Waals surface area contributed by atoms with Crippen LogP contribution in [-0.2, 0) is 9.53 Å². The molecule has 2 N–H and O–H groups in total. The molecule has 1 heterocycles.